The largest absolute Gasteiger partial charge is 0.495 e. The Morgan fingerprint density at radius 2 is 1.73 bits per heavy atom. The molecule has 1 saturated carbocycles. The van der Waals surface area contributed by atoms with Crippen LogP contribution in [0.5, 0.6) is 5.75 Å². The summed E-state index contributed by atoms with van der Waals surface area (Å²) in [6.07, 6.45) is 1.96. The van der Waals surface area contributed by atoms with E-state index in [-0.39, 0.29) is 24.3 Å². The lowest BCUT2D eigenvalue weighted by Gasteiger charge is -2.12. The molecule has 2 aromatic rings. The molecule has 6 nitrogen and oxygen atoms in total. The fourth-order valence-corrected chi connectivity index (χ4v) is 2.56. The second kappa shape index (κ2) is 7.91. The number of ether oxygens (including phenoxy) is 1. The zero-order chi connectivity index (χ0) is 18.5. The zero-order valence-corrected chi connectivity index (χ0v) is 15.0. The average Bonchev–Trinajstić information content (AvgIpc) is 3.46. The lowest BCUT2D eigenvalue weighted by molar-refractivity contribution is -0.117. The third kappa shape index (κ3) is 4.75. The van der Waals surface area contributed by atoms with Gasteiger partial charge in [-0.25, -0.2) is 0 Å². The zero-order valence-electron chi connectivity index (χ0n) is 15.0. The van der Waals surface area contributed by atoms with E-state index in [1.165, 1.54) is 0 Å². The van der Waals surface area contributed by atoms with Crippen molar-refractivity contribution in [2.75, 3.05) is 29.6 Å². The summed E-state index contributed by atoms with van der Waals surface area (Å²) in [5.41, 5.74) is 3.26. The van der Waals surface area contributed by atoms with E-state index in [4.69, 9.17) is 4.74 Å². The normalized spacial score (nSPS) is 13.0. The summed E-state index contributed by atoms with van der Waals surface area (Å²) < 4.78 is 5.26. The fraction of sp³-hybridized carbons (Fsp3) is 0.300. The molecule has 0 heterocycles. The van der Waals surface area contributed by atoms with Crippen molar-refractivity contribution in [2.24, 2.45) is 5.92 Å². The molecule has 3 N–H and O–H groups in total. The molecular weight excluding hydrogens is 330 g/mol. The topological polar surface area (TPSA) is 79.5 Å². The van der Waals surface area contributed by atoms with Crippen molar-refractivity contribution in [3.05, 3.63) is 48.0 Å². The van der Waals surface area contributed by atoms with E-state index < -0.39 is 0 Å². The number of benzene rings is 2. The SMILES string of the molecule is COc1ccc(C)cc1NC(=O)CNc1ccc(NC(=O)C2CC2)cc1. The predicted octanol–water partition coefficient (Wildman–Crippen LogP) is 3.40. The Morgan fingerprint density at radius 3 is 2.38 bits per heavy atom. The molecule has 2 amide bonds. The minimum absolute atomic E-state index is 0.0807. The summed E-state index contributed by atoms with van der Waals surface area (Å²) in [6, 6.07) is 12.9. The molecule has 6 heteroatoms. The number of carbonyl (C=O) groups excluding carboxylic acids is 2. The molecule has 0 radical (unpaired) electrons. The molecule has 26 heavy (non-hydrogen) atoms. The van der Waals surface area contributed by atoms with Gasteiger partial charge in [0.25, 0.3) is 0 Å². The number of hydrogen-bond donors (Lipinski definition) is 3. The first kappa shape index (κ1) is 17.8. The van der Waals surface area contributed by atoms with Gasteiger partial charge in [0.05, 0.1) is 19.3 Å². The lowest BCUT2D eigenvalue weighted by atomic mass is 10.2. The molecule has 2 aromatic carbocycles. The van der Waals surface area contributed by atoms with Crippen LogP contribution in [-0.2, 0) is 9.59 Å². The standard InChI is InChI=1S/C20H23N3O3/c1-13-3-10-18(26-2)17(11-13)23-19(24)12-21-15-6-8-16(9-7-15)22-20(25)14-4-5-14/h3,6-11,14,21H,4-5,12H2,1-2H3,(H,22,25)(H,23,24). The monoisotopic (exact) mass is 353 g/mol. The van der Waals surface area contributed by atoms with E-state index in [1.807, 2.05) is 49.4 Å². The third-order valence-electron chi connectivity index (χ3n) is 4.18. The van der Waals surface area contributed by atoms with Crippen LogP contribution in [0.4, 0.5) is 17.1 Å². The van der Waals surface area contributed by atoms with Gasteiger partial charge in [0.2, 0.25) is 11.8 Å². The van der Waals surface area contributed by atoms with Gasteiger partial charge in [-0.05, 0) is 61.7 Å². The maximum atomic E-state index is 12.2. The molecule has 0 bridgehead atoms. The lowest BCUT2D eigenvalue weighted by Crippen LogP contribution is -2.22. The quantitative estimate of drug-likeness (QED) is 0.713. The van der Waals surface area contributed by atoms with Gasteiger partial charge in [-0.1, -0.05) is 6.07 Å². The summed E-state index contributed by atoms with van der Waals surface area (Å²) in [4.78, 5) is 23.9. The molecule has 3 rings (SSSR count). The number of hydrogen-bond acceptors (Lipinski definition) is 4. The van der Waals surface area contributed by atoms with E-state index in [9.17, 15) is 9.59 Å². The number of anilines is 3. The van der Waals surface area contributed by atoms with Crippen molar-refractivity contribution in [1.29, 1.82) is 0 Å². The highest BCUT2D eigenvalue weighted by Crippen LogP contribution is 2.30. The molecular formula is C20H23N3O3. The highest BCUT2D eigenvalue weighted by Gasteiger charge is 2.29. The predicted molar refractivity (Wildman–Crippen MR) is 103 cm³/mol. The van der Waals surface area contributed by atoms with Crippen LogP contribution >= 0.6 is 0 Å². The number of aryl methyl sites for hydroxylation is 1. The molecule has 1 aliphatic rings. The molecule has 0 unspecified atom stereocenters. The highest BCUT2D eigenvalue weighted by molar-refractivity contribution is 5.95. The summed E-state index contributed by atoms with van der Waals surface area (Å²) in [6.45, 7) is 2.09. The van der Waals surface area contributed by atoms with E-state index in [2.05, 4.69) is 16.0 Å². The summed E-state index contributed by atoms with van der Waals surface area (Å²) >= 11 is 0. The van der Waals surface area contributed by atoms with E-state index >= 15 is 0 Å². The van der Waals surface area contributed by atoms with Crippen LogP contribution in [0.2, 0.25) is 0 Å². The summed E-state index contributed by atoms with van der Waals surface area (Å²) in [5.74, 6) is 0.715. The smallest absolute Gasteiger partial charge is 0.243 e. The van der Waals surface area contributed by atoms with Crippen molar-refractivity contribution in [2.45, 2.75) is 19.8 Å². The van der Waals surface area contributed by atoms with Crippen molar-refractivity contribution in [1.82, 2.24) is 0 Å². The maximum Gasteiger partial charge on any atom is 0.243 e. The second-order valence-electron chi connectivity index (χ2n) is 6.45. The van der Waals surface area contributed by atoms with E-state index in [0.29, 0.717) is 11.4 Å². The van der Waals surface area contributed by atoms with Crippen LogP contribution in [-0.4, -0.2) is 25.5 Å². The molecule has 1 fully saturated rings. The van der Waals surface area contributed by atoms with Gasteiger partial charge in [0.15, 0.2) is 0 Å². The second-order valence-corrected chi connectivity index (χ2v) is 6.45. The number of carbonyl (C=O) groups is 2. The van der Waals surface area contributed by atoms with E-state index in [0.717, 1.165) is 29.8 Å². The van der Waals surface area contributed by atoms with Gasteiger partial charge in [-0.15, -0.1) is 0 Å². The molecule has 0 aromatic heterocycles. The van der Waals surface area contributed by atoms with Crippen LogP contribution in [0.25, 0.3) is 0 Å². The van der Waals surface area contributed by atoms with Gasteiger partial charge >= 0.3 is 0 Å². The number of methoxy groups -OCH3 is 1. The Kier molecular flexibility index (Phi) is 5.41. The van der Waals surface area contributed by atoms with Gasteiger partial charge in [0.1, 0.15) is 5.75 Å². The van der Waals surface area contributed by atoms with Crippen LogP contribution in [0.1, 0.15) is 18.4 Å². The first-order valence-electron chi connectivity index (χ1n) is 8.64. The third-order valence-corrected chi connectivity index (χ3v) is 4.18. The van der Waals surface area contributed by atoms with Gasteiger partial charge in [-0.3, -0.25) is 9.59 Å². The minimum Gasteiger partial charge on any atom is -0.495 e. The van der Waals surface area contributed by atoms with Crippen molar-refractivity contribution >= 4 is 28.9 Å². The molecule has 0 atom stereocenters. The molecule has 1 aliphatic carbocycles. The fourth-order valence-electron chi connectivity index (χ4n) is 2.56. The Labute approximate surface area is 152 Å². The van der Waals surface area contributed by atoms with Gasteiger partial charge in [-0.2, -0.15) is 0 Å². The summed E-state index contributed by atoms with van der Waals surface area (Å²) in [7, 11) is 1.57. The van der Waals surface area contributed by atoms with Crippen molar-refractivity contribution in [3.8, 4) is 5.75 Å². The highest BCUT2D eigenvalue weighted by atomic mass is 16.5. The first-order chi connectivity index (χ1) is 12.5. The van der Waals surface area contributed by atoms with Crippen LogP contribution in [0.3, 0.4) is 0 Å². The first-order valence-corrected chi connectivity index (χ1v) is 8.64. The minimum atomic E-state index is -0.167. The molecule has 0 spiro atoms. The molecule has 0 aliphatic heterocycles. The Balaban J connectivity index is 1.51. The van der Waals surface area contributed by atoms with Gasteiger partial charge in [0, 0.05) is 17.3 Å². The summed E-state index contributed by atoms with van der Waals surface area (Å²) in [5, 5.41) is 8.80. The van der Waals surface area contributed by atoms with Gasteiger partial charge < -0.3 is 20.7 Å². The van der Waals surface area contributed by atoms with Crippen LogP contribution in [0, 0.1) is 12.8 Å². The van der Waals surface area contributed by atoms with Crippen molar-refractivity contribution in [3.63, 3.8) is 0 Å². The Morgan fingerprint density at radius 1 is 1.04 bits per heavy atom. The maximum absolute atomic E-state index is 12.2. The van der Waals surface area contributed by atoms with E-state index in [1.54, 1.807) is 7.11 Å². The van der Waals surface area contributed by atoms with Crippen LogP contribution < -0.4 is 20.7 Å². The van der Waals surface area contributed by atoms with Crippen molar-refractivity contribution < 1.29 is 14.3 Å². The molecule has 0 saturated heterocycles. The van der Waals surface area contributed by atoms with Crippen LogP contribution in [0.15, 0.2) is 42.5 Å². The Bertz CT molecular complexity index is 798. The Hall–Kier alpha value is -3.02. The number of rotatable bonds is 7. The number of amides is 2. The number of nitrogens with one attached hydrogen (secondary N) is 3. The molecule has 136 valence electrons. The average molecular weight is 353 g/mol.